The highest BCUT2D eigenvalue weighted by atomic mass is 15.2. The molecule has 1 aliphatic rings. The van der Waals surface area contributed by atoms with E-state index < -0.39 is 0 Å². The summed E-state index contributed by atoms with van der Waals surface area (Å²) in [5.74, 6) is 1.22. The Morgan fingerprint density at radius 1 is 1.54 bits per heavy atom. The zero-order chi connectivity index (χ0) is 9.10. The van der Waals surface area contributed by atoms with Gasteiger partial charge in [0, 0.05) is 12.7 Å². The second-order valence-electron chi connectivity index (χ2n) is 3.22. The number of allylic oxidation sites excluding steroid dienone is 2. The van der Waals surface area contributed by atoms with E-state index in [1.165, 1.54) is 5.82 Å². The second-order valence-corrected chi connectivity index (χ2v) is 3.22. The highest BCUT2D eigenvalue weighted by molar-refractivity contribution is 5.08. The maximum atomic E-state index is 3.22. The lowest BCUT2D eigenvalue weighted by Gasteiger charge is -2.17. The third-order valence-corrected chi connectivity index (χ3v) is 2.21. The zero-order valence-electron chi connectivity index (χ0n) is 7.77. The summed E-state index contributed by atoms with van der Waals surface area (Å²) >= 11 is 0. The number of aromatic nitrogens is 2. The maximum absolute atomic E-state index is 3.22. The van der Waals surface area contributed by atoms with Crippen LogP contribution in [0.25, 0.3) is 0 Å². The monoisotopic (exact) mass is 176 g/mol. The topological polar surface area (TPSA) is 22.9 Å². The summed E-state index contributed by atoms with van der Waals surface area (Å²) in [5.41, 5.74) is 0. The lowest BCUT2D eigenvalue weighted by atomic mass is 10.3. The van der Waals surface area contributed by atoms with Gasteiger partial charge < -0.3 is 4.90 Å². The van der Waals surface area contributed by atoms with Crippen molar-refractivity contribution in [2.24, 2.45) is 7.05 Å². The fraction of sp³-hybridized carbons (Fsp3) is 0.300. The van der Waals surface area contributed by atoms with E-state index in [0.717, 1.165) is 13.1 Å². The van der Waals surface area contributed by atoms with Crippen LogP contribution in [-0.2, 0) is 13.6 Å². The fourth-order valence-electron chi connectivity index (χ4n) is 1.41. The first-order valence-electron chi connectivity index (χ1n) is 4.45. The summed E-state index contributed by atoms with van der Waals surface area (Å²) in [5, 5.41) is 0. The van der Waals surface area contributed by atoms with Crippen LogP contribution in [0.2, 0.25) is 0 Å². The van der Waals surface area contributed by atoms with Gasteiger partial charge in [-0.25, -0.2) is 9.55 Å². The molecule has 1 aliphatic heterocycles. The summed E-state index contributed by atoms with van der Waals surface area (Å²) in [6.07, 6.45) is 12.4. The van der Waals surface area contributed by atoms with Crippen LogP contribution in [0.5, 0.6) is 0 Å². The first-order chi connectivity index (χ1) is 6.36. The van der Waals surface area contributed by atoms with Crippen LogP contribution < -0.4 is 4.57 Å². The lowest BCUT2D eigenvalue weighted by molar-refractivity contribution is -0.678. The molecule has 0 bridgehead atoms. The third kappa shape index (κ3) is 1.80. The molecule has 0 amide bonds. The molecule has 0 saturated heterocycles. The van der Waals surface area contributed by atoms with Gasteiger partial charge in [0.15, 0.2) is 0 Å². The number of hydrogen-bond acceptors (Lipinski definition) is 1. The van der Waals surface area contributed by atoms with Crippen molar-refractivity contribution < 1.29 is 4.57 Å². The number of rotatable bonds is 2. The standard InChI is InChI=1S/C10H13N3/c1-12-8-5-11-10(12)9-13-6-3-2-4-7-13/h2-6,8H,7,9H2,1H3/p+1. The Labute approximate surface area is 78.0 Å². The summed E-state index contributed by atoms with van der Waals surface area (Å²) in [6, 6.07) is 0. The van der Waals surface area contributed by atoms with E-state index in [9.17, 15) is 0 Å². The zero-order valence-corrected chi connectivity index (χ0v) is 7.77. The molecule has 1 N–H and O–H groups in total. The normalized spacial score (nSPS) is 15.3. The van der Waals surface area contributed by atoms with Crippen molar-refractivity contribution in [2.45, 2.75) is 6.54 Å². The van der Waals surface area contributed by atoms with Crippen molar-refractivity contribution in [3.8, 4) is 0 Å². The molecule has 2 rings (SSSR count). The van der Waals surface area contributed by atoms with Crippen LogP contribution in [0, 0.1) is 0 Å². The number of imidazole rings is 1. The van der Waals surface area contributed by atoms with Crippen LogP contribution in [0.15, 0.2) is 36.8 Å². The van der Waals surface area contributed by atoms with E-state index >= 15 is 0 Å². The van der Waals surface area contributed by atoms with Gasteiger partial charge in [-0.05, 0) is 6.08 Å². The van der Waals surface area contributed by atoms with E-state index in [4.69, 9.17) is 0 Å². The molecule has 0 atom stereocenters. The summed E-state index contributed by atoms with van der Waals surface area (Å²) in [7, 11) is 2.05. The molecule has 1 aromatic heterocycles. The molecule has 0 saturated carbocycles. The van der Waals surface area contributed by atoms with Gasteiger partial charge in [0.05, 0.1) is 7.05 Å². The van der Waals surface area contributed by atoms with E-state index in [1.54, 1.807) is 0 Å². The predicted molar refractivity (Wildman–Crippen MR) is 50.7 cm³/mol. The summed E-state index contributed by atoms with van der Waals surface area (Å²) < 4.78 is 2.10. The van der Waals surface area contributed by atoms with Gasteiger partial charge in [-0.3, -0.25) is 0 Å². The minimum Gasteiger partial charge on any atom is -0.362 e. The molecule has 3 heteroatoms. The predicted octanol–water partition coefficient (Wildman–Crippen LogP) is 0.725. The number of aryl methyl sites for hydroxylation is 1. The van der Waals surface area contributed by atoms with Crippen molar-refractivity contribution in [1.82, 2.24) is 9.88 Å². The molecule has 2 heterocycles. The van der Waals surface area contributed by atoms with Gasteiger partial charge in [-0.15, -0.1) is 0 Å². The third-order valence-electron chi connectivity index (χ3n) is 2.21. The number of hydrogen-bond donors (Lipinski definition) is 1. The largest absolute Gasteiger partial charge is 0.362 e. The maximum Gasteiger partial charge on any atom is 0.273 e. The van der Waals surface area contributed by atoms with Gasteiger partial charge in [0.2, 0.25) is 0 Å². The highest BCUT2D eigenvalue weighted by Gasteiger charge is 2.09. The van der Waals surface area contributed by atoms with Gasteiger partial charge in [-0.1, -0.05) is 12.2 Å². The van der Waals surface area contributed by atoms with E-state index in [2.05, 4.69) is 45.9 Å². The Balaban J connectivity index is 2.02. The SMILES string of the molecule is C[n+]1cc[nH]c1CN1C=CC=CC1. The second kappa shape index (κ2) is 3.47. The van der Waals surface area contributed by atoms with Crippen LogP contribution >= 0.6 is 0 Å². The molecule has 3 nitrogen and oxygen atoms in total. The highest BCUT2D eigenvalue weighted by Crippen LogP contribution is 2.02. The van der Waals surface area contributed by atoms with Gasteiger partial charge in [0.25, 0.3) is 5.82 Å². The molecule has 1 aromatic rings. The van der Waals surface area contributed by atoms with Gasteiger partial charge in [-0.2, -0.15) is 0 Å². The molecule has 68 valence electrons. The molecular formula is C10H14N3+. The molecule has 0 unspecified atom stereocenters. The molecule has 0 aliphatic carbocycles. The Hall–Kier alpha value is -1.51. The molecule has 0 aromatic carbocycles. The van der Waals surface area contributed by atoms with Crippen LogP contribution in [-0.4, -0.2) is 16.4 Å². The minimum atomic E-state index is 0.935. The van der Waals surface area contributed by atoms with Crippen LogP contribution in [0.1, 0.15) is 5.82 Å². The average Bonchev–Trinajstić information content (AvgIpc) is 2.54. The van der Waals surface area contributed by atoms with Crippen molar-refractivity contribution in [3.05, 3.63) is 42.6 Å². The number of aromatic amines is 1. The van der Waals surface area contributed by atoms with Crippen molar-refractivity contribution >= 4 is 0 Å². The quantitative estimate of drug-likeness (QED) is 0.659. The number of nitrogens with one attached hydrogen (secondary N) is 1. The van der Waals surface area contributed by atoms with Gasteiger partial charge >= 0.3 is 0 Å². The van der Waals surface area contributed by atoms with Crippen molar-refractivity contribution in [3.63, 3.8) is 0 Å². The number of H-pyrrole nitrogens is 1. The smallest absolute Gasteiger partial charge is 0.273 e. The molecule has 0 fully saturated rings. The Kier molecular flexibility index (Phi) is 2.17. The van der Waals surface area contributed by atoms with Crippen molar-refractivity contribution in [2.75, 3.05) is 6.54 Å². The Bertz CT molecular complexity index is 336. The van der Waals surface area contributed by atoms with Crippen LogP contribution in [0.3, 0.4) is 0 Å². The Morgan fingerprint density at radius 3 is 3.08 bits per heavy atom. The fourth-order valence-corrected chi connectivity index (χ4v) is 1.41. The van der Waals surface area contributed by atoms with E-state index in [1.807, 2.05) is 12.4 Å². The molecular weight excluding hydrogens is 162 g/mol. The van der Waals surface area contributed by atoms with Crippen LogP contribution in [0.4, 0.5) is 0 Å². The lowest BCUT2D eigenvalue weighted by Crippen LogP contribution is -2.34. The molecule has 13 heavy (non-hydrogen) atoms. The first kappa shape index (κ1) is 8.10. The van der Waals surface area contributed by atoms with Gasteiger partial charge in [0.1, 0.15) is 18.9 Å². The van der Waals surface area contributed by atoms with E-state index in [0.29, 0.717) is 0 Å². The molecule has 0 spiro atoms. The average molecular weight is 176 g/mol. The first-order valence-corrected chi connectivity index (χ1v) is 4.45. The Morgan fingerprint density at radius 2 is 2.46 bits per heavy atom. The minimum absolute atomic E-state index is 0.935. The number of nitrogens with zero attached hydrogens (tertiary/aromatic N) is 2. The van der Waals surface area contributed by atoms with E-state index in [-0.39, 0.29) is 0 Å². The summed E-state index contributed by atoms with van der Waals surface area (Å²) in [6.45, 7) is 1.93. The molecule has 0 radical (unpaired) electrons. The summed E-state index contributed by atoms with van der Waals surface area (Å²) in [4.78, 5) is 5.47. The van der Waals surface area contributed by atoms with Crippen molar-refractivity contribution in [1.29, 1.82) is 0 Å².